The fraction of sp³-hybridized carbons (Fsp3) is 0.308. The Morgan fingerprint density at radius 3 is 2.46 bits per heavy atom. The van der Waals surface area contributed by atoms with Gasteiger partial charge in [0.1, 0.15) is 17.5 Å². The Bertz CT molecular complexity index is 1290. The SMILES string of the molecule is O=C(CCC[C@@H](NC(=O)Nc1ccccc1)C(=O)O)NC1C(=O)N2C(C(=O)[O-])=C(C[n+]3ccccc3)CS[C@H]12. The number of aliphatic carboxylic acids is 2. The van der Waals surface area contributed by atoms with Crippen molar-refractivity contribution in [2.45, 2.75) is 43.3 Å². The zero-order valence-corrected chi connectivity index (χ0v) is 21.6. The summed E-state index contributed by atoms with van der Waals surface area (Å²) >= 11 is 1.35. The van der Waals surface area contributed by atoms with Gasteiger partial charge in [-0.15, -0.1) is 11.8 Å². The molecule has 2 aromatic rings. The van der Waals surface area contributed by atoms with Gasteiger partial charge in [0, 0.05) is 35.6 Å². The lowest BCUT2D eigenvalue weighted by Crippen LogP contribution is -2.71. The van der Waals surface area contributed by atoms with Crippen molar-refractivity contribution in [1.29, 1.82) is 0 Å². The molecule has 4 N–H and O–H groups in total. The minimum atomic E-state index is -1.45. The highest BCUT2D eigenvalue weighted by atomic mass is 32.2. The average molecular weight is 554 g/mol. The number of carbonyl (C=O) groups excluding carboxylic acids is 4. The maximum absolute atomic E-state index is 12.8. The number of nitrogens with one attached hydrogen (secondary N) is 3. The van der Waals surface area contributed by atoms with Crippen molar-refractivity contribution >= 4 is 47.2 Å². The monoisotopic (exact) mass is 553 g/mol. The van der Waals surface area contributed by atoms with E-state index >= 15 is 0 Å². The summed E-state index contributed by atoms with van der Waals surface area (Å²) in [6.07, 6.45) is 3.63. The van der Waals surface area contributed by atoms with Gasteiger partial charge in [0.25, 0.3) is 5.91 Å². The highest BCUT2D eigenvalue weighted by molar-refractivity contribution is 8.00. The highest BCUT2D eigenvalue weighted by Crippen LogP contribution is 2.40. The molecule has 0 aliphatic carbocycles. The molecule has 0 radical (unpaired) electrons. The number of carboxylic acid groups (broad SMARTS) is 2. The van der Waals surface area contributed by atoms with E-state index in [-0.39, 0.29) is 31.5 Å². The second kappa shape index (κ2) is 12.4. The molecule has 3 heterocycles. The molecule has 1 saturated heterocycles. The standard InChI is InChI=1S/C26H27N5O7S/c32-19(11-7-10-18(24(34)35)28-26(38)27-17-8-3-1-4-9-17)29-20-22(33)31-21(25(36)37)16(15-39-23(20)31)14-30-12-5-2-6-13-30/h1-6,8-9,12-13,18,20,23H,7,10-11,14-15H2,(H4-,27,28,29,32,34,35,36,37,38)/t18-,20?,23-/m1/s1. The summed E-state index contributed by atoms with van der Waals surface area (Å²) in [5, 5.41) is 28.3. The van der Waals surface area contributed by atoms with E-state index in [9.17, 15) is 34.2 Å². The average Bonchev–Trinajstić information content (AvgIpc) is 2.91. The molecule has 2 aliphatic heterocycles. The van der Waals surface area contributed by atoms with E-state index in [0.29, 0.717) is 17.0 Å². The first-order valence-electron chi connectivity index (χ1n) is 12.2. The van der Waals surface area contributed by atoms with Crippen molar-refractivity contribution in [3.63, 3.8) is 0 Å². The van der Waals surface area contributed by atoms with Gasteiger partial charge in [-0.25, -0.2) is 14.2 Å². The van der Waals surface area contributed by atoms with Gasteiger partial charge < -0.3 is 31.0 Å². The number of anilines is 1. The van der Waals surface area contributed by atoms with Gasteiger partial charge in [0.15, 0.2) is 18.9 Å². The number of nitrogens with zero attached hydrogens (tertiary/aromatic N) is 2. The second-order valence-electron chi connectivity index (χ2n) is 8.99. The molecule has 1 aromatic carbocycles. The number of hydrogen-bond acceptors (Lipinski definition) is 7. The molecule has 1 aromatic heterocycles. The second-order valence-corrected chi connectivity index (χ2v) is 10.1. The number of para-hydroxylation sites is 1. The zero-order valence-electron chi connectivity index (χ0n) is 20.7. The van der Waals surface area contributed by atoms with Gasteiger partial charge in [-0.3, -0.25) is 14.5 Å². The maximum Gasteiger partial charge on any atom is 0.326 e. The third-order valence-electron chi connectivity index (χ3n) is 6.24. The molecule has 4 amide bonds. The van der Waals surface area contributed by atoms with Gasteiger partial charge in [-0.05, 0) is 25.0 Å². The van der Waals surface area contributed by atoms with Crippen molar-refractivity contribution in [3.05, 3.63) is 72.2 Å². The lowest BCUT2D eigenvalue weighted by atomic mass is 10.0. The number of β-lactam (4-membered cyclic amide) rings is 1. The number of carbonyl (C=O) groups is 5. The summed E-state index contributed by atoms with van der Waals surface area (Å²) in [5.74, 6) is -3.36. The number of amides is 4. The van der Waals surface area contributed by atoms with Crippen LogP contribution in [0.2, 0.25) is 0 Å². The van der Waals surface area contributed by atoms with Crippen LogP contribution >= 0.6 is 11.8 Å². The Balaban J connectivity index is 1.28. The minimum Gasteiger partial charge on any atom is -0.543 e. The summed E-state index contributed by atoms with van der Waals surface area (Å²) in [7, 11) is 0. The summed E-state index contributed by atoms with van der Waals surface area (Å²) < 4.78 is 1.80. The number of urea groups is 1. The molecule has 2 aliphatic rings. The first-order valence-corrected chi connectivity index (χ1v) is 13.3. The fourth-order valence-corrected chi connectivity index (χ4v) is 5.71. The van der Waals surface area contributed by atoms with Gasteiger partial charge in [-0.1, -0.05) is 24.3 Å². The van der Waals surface area contributed by atoms with E-state index in [1.165, 1.54) is 11.8 Å². The third-order valence-corrected chi connectivity index (χ3v) is 7.58. The van der Waals surface area contributed by atoms with Crippen LogP contribution in [0, 0.1) is 0 Å². The molecule has 0 saturated carbocycles. The minimum absolute atomic E-state index is 0.00797. The highest BCUT2D eigenvalue weighted by Gasteiger charge is 2.53. The zero-order chi connectivity index (χ0) is 27.9. The number of carboxylic acids is 2. The predicted octanol–water partition coefficient (Wildman–Crippen LogP) is -0.177. The third kappa shape index (κ3) is 6.74. The largest absolute Gasteiger partial charge is 0.543 e. The Morgan fingerprint density at radius 1 is 1.10 bits per heavy atom. The molecule has 0 bridgehead atoms. The number of aromatic nitrogens is 1. The predicted molar refractivity (Wildman–Crippen MR) is 138 cm³/mol. The van der Waals surface area contributed by atoms with Crippen LogP contribution in [0.5, 0.6) is 0 Å². The van der Waals surface area contributed by atoms with Gasteiger partial charge in [-0.2, -0.15) is 0 Å². The summed E-state index contributed by atoms with van der Waals surface area (Å²) in [4.78, 5) is 62.1. The molecule has 204 valence electrons. The Morgan fingerprint density at radius 2 is 1.79 bits per heavy atom. The molecule has 39 heavy (non-hydrogen) atoms. The van der Waals surface area contributed by atoms with Gasteiger partial charge >= 0.3 is 12.0 Å². The van der Waals surface area contributed by atoms with Crippen LogP contribution in [-0.2, 0) is 25.7 Å². The molecule has 4 rings (SSSR count). The van der Waals surface area contributed by atoms with Crippen LogP contribution < -0.4 is 25.6 Å². The molecule has 3 atom stereocenters. The van der Waals surface area contributed by atoms with Crippen LogP contribution in [-0.4, -0.2) is 63.0 Å². The fourth-order valence-electron chi connectivity index (χ4n) is 4.37. The Hall–Kier alpha value is -4.39. The number of pyridine rings is 1. The topological polar surface area (TPSA) is 172 Å². The molecule has 13 heteroatoms. The first kappa shape index (κ1) is 27.6. The lowest BCUT2D eigenvalue weighted by Gasteiger charge is -2.50. The molecular formula is C26H27N5O7S. The molecular weight excluding hydrogens is 526 g/mol. The van der Waals surface area contributed by atoms with Crippen LogP contribution in [0.4, 0.5) is 10.5 Å². The van der Waals surface area contributed by atoms with Crippen LogP contribution in [0.1, 0.15) is 19.3 Å². The number of hydrogen-bond donors (Lipinski definition) is 4. The number of rotatable bonds is 11. The van der Waals surface area contributed by atoms with Crippen molar-refractivity contribution in [1.82, 2.24) is 15.5 Å². The Kier molecular flexibility index (Phi) is 8.81. The van der Waals surface area contributed by atoms with Crippen molar-refractivity contribution in [2.24, 2.45) is 0 Å². The van der Waals surface area contributed by atoms with Crippen LogP contribution in [0.3, 0.4) is 0 Å². The number of thioether (sulfide) groups is 1. The molecule has 1 fully saturated rings. The van der Waals surface area contributed by atoms with Crippen molar-refractivity contribution < 1.29 is 38.8 Å². The van der Waals surface area contributed by atoms with E-state index in [1.54, 1.807) is 47.3 Å². The molecule has 1 unspecified atom stereocenters. The Labute approximate surface area is 228 Å². The van der Waals surface area contributed by atoms with Crippen molar-refractivity contribution in [2.75, 3.05) is 11.1 Å². The molecule has 12 nitrogen and oxygen atoms in total. The first-order chi connectivity index (χ1) is 18.7. The number of benzene rings is 1. The lowest BCUT2D eigenvalue weighted by molar-refractivity contribution is -0.689. The summed E-state index contributed by atoms with van der Waals surface area (Å²) in [6.45, 7) is 0.285. The van der Waals surface area contributed by atoms with Crippen molar-refractivity contribution in [3.8, 4) is 0 Å². The van der Waals surface area contributed by atoms with E-state index in [4.69, 9.17) is 0 Å². The van der Waals surface area contributed by atoms with E-state index < -0.39 is 47.2 Å². The quantitative estimate of drug-likeness (QED) is 0.219. The smallest absolute Gasteiger partial charge is 0.326 e. The van der Waals surface area contributed by atoms with Gasteiger partial charge in [0.05, 0.1) is 11.7 Å². The maximum atomic E-state index is 12.8. The van der Waals surface area contributed by atoms with Gasteiger partial charge in [0.2, 0.25) is 5.91 Å². The number of fused-ring (bicyclic) bond motifs is 1. The van der Waals surface area contributed by atoms with Crippen LogP contribution in [0.25, 0.3) is 0 Å². The van der Waals surface area contributed by atoms with E-state index in [1.807, 2.05) is 18.2 Å². The summed E-state index contributed by atoms with van der Waals surface area (Å²) in [6, 6.07) is 11.2. The van der Waals surface area contributed by atoms with E-state index in [0.717, 1.165) is 4.90 Å². The molecule has 0 spiro atoms. The summed E-state index contributed by atoms with van der Waals surface area (Å²) in [5.41, 5.74) is 0.866. The normalized spacial score (nSPS) is 18.9. The van der Waals surface area contributed by atoms with Crippen LogP contribution in [0.15, 0.2) is 72.2 Å². The van der Waals surface area contributed by atoms with E-state index in [2.05, 4.69) is 16.0 Å².